The number of hydrogen-bond donors (Lipinski definition) is 0. The summed E-state index contributed by atoms with van der Waals surface area (Å²) in [5.74, 6) is 1.91. The molecule has 30 heavy (non-hydrogen) atoms. The molecule has 2 fully saturated rings. The number of likely N-dealkylation sites (N-methyl/N-ethyl adjacent to an activating group) is 1. The number of anilines is 1. The van der Waals surface area contributed by atoms with Crippen LogP contribution in [0.5, 0.6) is 0 Å². The summed E-state index contributed by atoms with van der Waals surface area (Å²) in [6.45, 7) is 2.10. The summed E-state index contributed by atoms with van der Waals surface area (Å²) in [5.41, 5.74) is 1.79. The second kappa shape index (κ2) is 6.67. The Kier molecular flexibility index (Phi) is 4.14. The van der Waals surface area contributed by atoms with Crippen molar-refractivity contribution in [3.63, 3.8) is 0 Å². The molecule has 2 bridgehead atoms. The lowest BCUT2D eigenvalue weighted by Crippen LogP contribution is -2.41. The molecule has 3 heterocycles. The predicted octanol–water partition coefficient (Wildman–Crippen LogP) is 2.67. The number of allylic oxidation sites excluding steroid dienone is 2. The number of rotatable bonds is 3. The Morgan fingerprint density at radius 1 is 1.17 bits per heavy atom. The van der Waals surface area contributed by atoms with Crippen molar-refractivity contribution in [2.75, 3.05) is 31.6 Å². The van der Waals surface area contributed by atoms with Crippen molar-refractivity contribution in [1.29, 1.82) is 0 Å². The third-order valence-corrected chi connectivity index (χ3v) is 8.80. The second-order valence-electron chi connectivity index (χ2n) is 9.69. The van der Waals surface area contributed by atoms with Gasteiger partial charge < -0.3 is 14.7 Å². The fourth-order valence-corrected chi connectivity index (χ4v) is 7.07. The molecule has 0 spiro atoms. The van der Waals surface area contributed by atoms with Crippen LogP contribution in [-0.2, 0) is 22.6 Å². The van der Waals surface area contributed by atoms with Gasteiger partial charge in [-0.25, -0.2) is 0 Å². The molecule has 3 aliphatic carbocycles. The number of nitrogens with zero attached hydrogens (tertiary/aromatic N) is 3. The van der Waals surface area contributed by atoms with Crippen molar-refractivity contribution in [2.45, 2.75) is 38.6 Å². The SMILES string of the molecule is CN1CC(=O)N(CC2CC2)c2sc3c(c2C1=O)CCN(C(=O)[C@H]1C[C@@H]2C=C[C@H]1C2)C3. The summed E-state index contributed by atoms with van der Waals surface area (Å²) >= 11 is 1.57. The molecule has 5 aliphatic rings. The number of amides is 3. The minimum Gasteiger partial charge on any atom is -0.337 e. The first-order valence-electron chi connectivity index (χ1n) is 11.2. The topological polar surface area (TPSA) is 60.9 Å². The van der Waals surface area contributed by atoms with Gasteiger partial charge in [-0.3, -0.25) is 14.4 Å². The quantitative estimate of drug-likeness (QED) is 0.700. The molecular formula is C23H27N3O3S. The predicted molar refractivity (Wildman–Crippen MR) is 114 cm³/mol. The Morgan fingerprint density at radius 3 is 2.70 bits per heavy atom. The maximum absolute atomic E-state index is 13.2. The average molecular weight is 426 g/mol. The van der Waals surface area contributed by atoms with Crippen LogP contribution in [-0.4, -0.2) is 54.2 Å². The molecule has 0 saturated heterocycles. The van der Waals surface area contributed by atoms with Gasteiger partial charge in [-0.1, -0.05) is 12.2 Å². The number of carbonyl (C=O) groups excluding carboxylic acids is 3. The first-order valence-corrected chi connectivity index (χ1v) is 12.0. The van der Waals surface area contributed by atoms with Gasteiger partial charge in [-0.05, 0) is 55.4 Å². The normalized spacial score (nSPS) is 30.0. The van der Waals surface area contributed by atoms with E-state index < -0.39 is 0 Å². The van der Waals surface area contributed by atoms with E-state index in [0.717, 1.165) is 46.7 Å². The molecular weight excluding hydrogens is 398 g/mol. The molecule has 0 N–H and O–H groups in total. The van der Waals surface area contributed by atoms with Gasteiger partial charge in [-0.2, -0.15) is 0 Å². The van der Waals surface area contributed by atoms with Gasteiger partial charge in [0.25, 0.3) is 5.91 Å². The fourth-order valence-electron chi connectivity index (χ4n) is 5.69. The Labute approximate surface area is 180 Å². The van der Waals surface area contributed by atoms with Crippen LogP contribution in [0.2, 0.25) is 0 Å². The highest BCUT2D eigenvalue weighted by Gasteiger charge is 2.43. The Balaban J connectivity index is 1.31. The van der Waals surface area contributed by atoms with Crippen LogP contribution in [0.15, 0.2) is 12.2 Å². The van der Waals surface area contributed by atoms with E-state index >= 15 is 0 Å². The highest BCUT2D eigenvalue weighted by Crippen LogP contribution is 2.46. The summed E-state index contributed by atoms with van der Waals surface area (Å²) in [4.78, 5) is 45.8. The Morgan fingerprint density at radius 2 is 2.00 bits per heavy atom. The molecule has 7 heteroatoms. The van der Waals surface area contributed by atoms with Gasteiger partial charge in [0, 0.05) is 30.9 Å². The van der Waals surface area contributed by atoms with Crippen molar-refractivity contribution < 1.29 is 14.4 Å². The van der Waals surface area contributed by atoms with Gasteiger partial charge in [0.1, 0.15) is 11.5 Å². The van der Waals surface area contributed by atoms with Crippen LogP contribution >= 0.6 is 11.3 Å². The first-order chi connectivity index (χ1) is 14.5. The highest BCUT2D eigenvalue weighted by molar-refractivity contribution is 7.17. The van der Waals surface area contributed by atoms with Gasteiger partial charge in [-0.15, -0.1) is 11.3 Å². The van der Waals surface area contributed by atoms with Crippen molar-refractivity contribution in [3.05, 3.63) is 28.2 Å². The monoisotopic (exact) mass is 425 g/mol. The van der Waals surface area contributed by atoms with Gasteiger partial charge in [0.05, 0.1) is 12.1 Å². The van der Waals surface area contributed by atoms with E-state index in [4.69, 9.17) is 0 Å². The van der Waals surface area contributed by atoms with Crippen LogP contribution in [0.1, 0.15) is 46.5 Å². The van der Waals surface area contributed by atoms with Gasteiger partial charge in [0.15, 0.2) is 0 Å². The summed E-state index contributed by atoms with van der Waals surface area (Å²) in [5, 5.41) is 0.823. The molecule has 6 nitrogen and oxygen atoms in total. The molecule has 1 aromatic heterocycles. The van der Waals surface area contributed by atoms with Crippen molar-refractivity contribution in [2.24, 2.45) is 23.7 Å². The van der Waals surface area contributed by atoms with Crippen LogP contribution in [0.25, 0.3) is 0 Å². The fraction of sp³-hybridized carbons (Fsp3) is 0.609. The molecule has 0 aromatic carbocycles. The largest absolute Gasteiger partial charge is 0.337 e. The average Bonchev–Trinajstić information content (AvgIpc) is 3.17. The summed E-state index contributed by atoms with van der Waals surface area (Å²) in [6.07, 6.45) is 9.64. The van der Waals surface area contributed by atoms with E-state index in [1.54, 1.807) is 23.3 Å². The molecule has 6 rings (SSSR count). The standard InChI is InChI=1S/C23H27N3O3S/c1-24-12-19(27)26(10-13-2-3-13)23-20(22(24)29)16-6-7-25(11-18(16)30-23)21(28)17-9-14-4-5-15(17)8-14/h4-5,13-15,17H,2-3,6-12H2,1H3/t14-,15+,17+/m1/s1. The zero-order chi connectivity index (χ0) is 20.6. The smallest absolute Gasteiger partial charge is 0.257 e. The van der Waals surface area contributed by atoms with E-state index in [1.165, 1.54) is 0 Å². The molecule has 0 radical (unpaired) electrons. The molecule has 158 valence electrons. The molecule has 0 unspecified atom stereocenters. The third kappa shape index (κ3) is 2.85. The minimum absolute atomic E-state index is 0.0109. The zero-order valence-electron chi connectivity index (χ0n) is 17.3. The molecule has 3 atom stereocenters. The Bertz CT molecular complexity index is 979. The van der Waals surface area contributed by atoms with Gasteiger partial charge >= 0.3 is 0 Å². The lowest BCUT2D eigenvalue weighted by Gasteiger charge is -2.31. The minimum atomic E-state index is -0.0489. The second-order valence-corrected chi connectivity index (χ2v) is 10.8. The van der Waals surface area contributed by atoms with Crippen LogP contribution in [0.4, 0.5) is 5.00 Å². The third-order valence-electron chi connectivity index (χ3n) is 7.56. The molecule has 2 aliphatic heterocycles. The maximum Gasteiger partial charge on any atom is 0.257 e. The maximum atomic E-state index is 13.2. The Hall–Kier alpha value is -2.15. The number of hydrogen-bond acceptors (Lipinski definition) is 4. The molecule has 3 amide bonds. The number of fused-ring (bicyclic) bond motifs is 5. The van der Waals surface area contributed by atoms with Crippen molar-refractivity contribution >= 4 is 34.1 Å². The van der Waals surface area contributed by atoms with E-state index in [2.05, 4.69) is 12.2 Å². The van der Waals surface area contributed by atoms with Crippen molar-refractivity contribution in [3.8, 4) is 0 Å². The van der Waals surface area contributed by atoms with Gasteiger partial charge in [0.2, 0.25) is 11.8 Å². The van der Waals surface area contributed by atoms with Crippen LogP contribution in [0.3, 0.4) is 0 Å². The van der Waals surface area contributed by atoms with Crippen LogP contribution < -0.4 is 4.90 Å². The summed E-state index contributed by atoms with van der Waals surface area (Å²) < 4.78 is 0. The van der Waals surface area contributed by atoms with E-state index in [1.807, 2.05) is 9.80 Å². The molecule has 2 saturated carbocycles. The first kappa shape index (κ1) is 18.6. The summed E-state index contributed by atoms with van der Waals surface area (Å²) in [7, 11) is 1.72. The van der Waals surface area contributed by atoms with E-state index in [0.29, 0.717) is 43.8 Å². The van der Waals surface area contributed by atoms with Crippen molar-refractivity contribution in [1.82, 2.24) is 9.80 Å². The van der Waals surface area contributed by atoms with E-state index in [9.17, 15) is 14.4 Å². The number of thiophene rings is 1. The number of carbonyl (C=O) groups is 3. The molecule has 1 aromatic rings. The lowest BCUT2D eigenvalue weighted by molar-refractivity contribution is -0.137. The highest BCUT2D eigenvalue weighted by atomic mass is 32.1. The zero-order valence-corrected chi connectivity index (χ0v) is 18.1. The van der Waals surface area contributed by atoms with E-state index in [-0.39, 0.29) is 30.2 Å². The lowest BCUT2D eigenvalue weighted by atomic mass is 9.91. The van der Waals surface area contributed by atoms with Crippen LogP contribution in [0, 0.1) is 23.7 Å². The summed E-state index contributed by atoms with van der Waals surface area (Å²) in [6, 6.07) is 0.